The van der Waals surface area contributed by atoms with Crippen molar-refractivity contribution in [1.82, 2.24) is 4.57 Å². The summed E-state index contributed by atoms with van der Waals surface area (Å²) in [5.74, 6) is 0.946. The second-order valence-electron chi connectivity index (χ2n) is 16.1. The Bertz CT molecular complexity index is 1820. The molecule has 4 nitrogen and oxygen atoms in total. The molecule has 4 heteroatoms. The minimum Gasteiger partial charge on any atom is -0.871 e. The van der Waals surface area contributed by atoms with Crippen LogP contribution in [0.1, 0.15) is 82.5 Å². The lowest BCUT2D eigenvalue weighted by molar-refractivity contribution is -0.470. The second kappa shape index (κ2) is 11.4. The zero-order chi connectivity index (χ0) is 32.4. The lowest BCUT2D eigenvalue weighted by atomic mass is 9.78. The first-order valence-corrected chi connectivity index (χ1v) is 17.2. The van der Waals surface area contributed by atoms with Crippen LogP contribution in [-0.4, -0.2) is 27.2 Å². The molecule has 3 aromatic rings. The van der Waals surface area contributed by atoms with Crippen molar-refractivity contribution >= 4 is 17.1 Å². The van der Waals surface area contributed by atoms with Crippen molar-refractivity contribution in [2.75, 3.05) is 6.54 Å². The lowest BCUT2D eigenvalue weighted by Gasteiger charge is -2.32. The first-order chi connectivity index (χ1) is 21.9. The maximum absolute atomic E-state index is 14.2. The zero-order valence-electron chi connectivity index (χ0n) is 28.5. The van der Waals surface area contributed by atoms with E-state index in [1.165, 1.54) is 33.7 Å². The molecule has 2 unspecified atom stereocenters. The van der Waals surface area contributed by atoms with Gasteiger partial charge in [-0.25, -0.2) is 0 Å². The zero-order valence-corrected chi connectivity index (χ0v) is 28.5. The van der Waals surface area contributed by atoms with E-state index in [-0.39, 0.29) is 22.4 Å². The molecule has 7 rings (SSSR count). The summed E-state index contributed by atoms with van der Waals surface area (Å²) >= 11 is 0. The third-order valence-corrected chi connectivity index (χ3v) is 11.2. The van der Waals surface area contributed by atoms with Crippen molar-refractivity contribution in [3.63, 3.8) is 0 Å². The van der Waals surface area contributed by atoms with Crippen molar-refractivity contribution in [3.8, 4) is 0 Å². The Morgan fingerprint density at radius 2 is 1.39 bits per heavy atom. The van der Waals surface area contributed by atoms with E-state index in [0.29, 0.717) is 23.0 Å². The minimum atomic E-state index is -0.0842. The number of nitrogens with zero attached hydrogens (tertiary/aromatic N) is 2. The highest BCUT2D eigenvalue weighted by Crippen LogP contribution is 2.47. The predicted molar refractivity (Wildman–Crippen MR) is 184 cm³/mol. The first-order valence-electron chi connectivity index (χ1n) is 17.2. The van der Waals surface area contributed by atoms with Crippen LogP contribution in [0.5, 0.6) is 0 Å². The number of ketones is 1. The van der Waals surface area contributed by atoms with E-state index in [0.717, 1.165) is 63.0 Å². The van der Waals surface area contributed by atoms with Crippen LogP contribution in [0.4, 0.5) is 0 Å². The Labute approximate surface area is 274 Å². The third-order valence-electron chi connectivity index (χ3n) is 11.2. The van der Waals surface area contributed by atoms with E-state index in [2.05, 4.69) is 111 Å². The van der Waals surface area contributed by atoms with E-state index in [1.807, 2.05) is 12.1 Å². The number of fused-ring (bicyclic) bond motifs is 2. The van der Waals surface area contributed by atoms with Crippen LogP contribution in [-0.2, 0) is 37.0 Å². The number of Topliss-reactive ketones (excluding diaryl/α,β-unsaturated/α-hetero) is 1. The van der Waals surface area contributed by atoms with Gasteiger partial charge in [-0.05, 0) is 71.1 Å². The van der Waals surface area contributed by atoms with Crippen LogP contribution in [0.2, 0.25) is 0 Å². The summed E-state index contributed by atoms with van der Waals surface area (Å²) in [6.07, 6.45) is 7.89. The minimum absolute atomic E-state index is 0.0842. The highest BCUT2D eigenvalue weighted by Gasteiger charge is 2.46. The van der Waals surface area contributed by atoms with Crippen molar-refractivity contribution in [3.05, 3.63) is 123 Å². The molecule has 3 aliphatic carbocycles. The van der Waals surface area contributed by atoms with Crippen LogP contribution in [0, 0.1) is 22.7 Å². The number of carbonyl (C=O) groups is 1. The molecule has 1 aromatic heterocycles. The molecule has 0 radical (unpaired) electrons. The Hall–Kier alpha value is -3.92. The fourth-order valence-electron chi connectivity index (χ4n) is 8.05. The average molecular weight is 613 g/mol. The summed E-state index contributed by atoms with van der Waals surface area (Å²) in [5, 5.41) is 14.2. The number of benzene rings is 2. The van der Waals surface area contributed by atoms with Gasteiger partial charge < -0.3 is 9.67 Å². The number of rotatable bonds is 7. The largest absolute Gasteiger partial charge is 0.871 e. The van der Waals surface area contributed by atoms with Gasteiger partial charge in [0.15, 0.2) is 12.3 Å². The van der Waals surface area contributed by atoms with E-state index in [1.54, 1.807) is 0 Å². The molecule has 238 valence electrons. The molecule has 0 saturated heterocycles. The monoisotopic (exact) mass is 612 g/mol. The molecule has 0 bridgehead atoms. The van der Waals surface area contributed by atoms with Gasteiger partial charge in [0.1, 0.15) is 0 Å². The Kier molecular flexibility index (Phi) is 7.61. The number of carbonyl (C=O) groups excluding carboxylic acids is 1. The van der Waals surface area contributed by atoms with Gasteiger partial charge in [0.05, 0.1) is 11.3 Å². The van der Waals surface area contributed by atoms with Gasteiger partial charge >= 0.3 is 0 Å². The fraction of sp³-hybridized carbons (Fsp3) is 0.429. The molecular formula is C42H48N2O2. The van der Waals surface area contributed by atoms with Gasteiger partial charge in [0.25, 0.3) is 0 Å². The topological polar surface area (TPSA) is 48.1 Å². The number of aromatic nitrogens is 1. The fourth-order valence-corrected chi connectivity index (χ4v) is 8.05. The summed E-state index contributed by atoms with van der Waals surface area (Å²) in [6.45, 7) is 15.5. The highest BCUT2D eigenvalue weighted by molar-refractivity contribution is 6.39. The van der Waals surface area contributed by atoms with E-state index in [4.69, 9.17) is 0 Å². The van der Waals surface area contributed by atoms with Gasteiger partial charge in [-0.3, -0.25) is 4.79 Å². The smallest absolute Gasteiger partial charge is 0.216 e. The van der Waals surface area contributed by atoms with Crippen LogP contribution >= 0.6 is 0 Å². The Morgan fingerprint density at radius 3 is 2.00 bits per heavy atom. The maximum atomic E-state index is 14.2. The summed E-state index contributed by atoms with van der Waals surface area (Å²) in [6, 6.07) is 23.2. The average Bonchev–Trinajstić information content (AvgIpc) is 3.76. The lowest BCUT2D eigenvalue weighted by Crippen LogP contribution is -2.34. The summed E-state index contributed by atoms with van der Waals surface area (Å²) in [4.78, 5) is 14.2. The Morgan fingerprint density at radius 1 is 0.783 bits per heavy atom. The molecule has 46 heavy (non-hydrogen) atoms. The van der Waals surface area contributed by atoms with Crippen LogP contribution in [0.15, 0.2) is 95.4 Å². The third kappa shape index (κ3) is 5.44. The highest BCUT2D eigenvalue weighted by atomic mass is 16.3. The van der Waals surface area contributed by atoms with Crippen molar-refractivity contribution in [2.45, 2.75) is 86.6 Å². The molecule has 2 atom stereocenters. The predicted octanol–water partition coefficient (Wildman–Crippen LogP) is 7.49. The summed E-state index contributed by atoms with van der Waals surface area (Å²) in [7, 11) is 0. The summed E-state index contributed by atoms with van der Waals surface area (Å²) in [5.41, 5.74) is 10.6. The SMILES string of the molecule is CC(C)(C)C1CC2=C/C(=C3/C(=O)C(c4cc5c(n4CCc4ccccc4)CC(C(C)(C)C)C5)=C3[O-])[N+](CCc3ccccc3)=C2C1. The van der Waals surface area contributed by atoms with Crippen molar-refractivity contribution < 1.29 is 14.5 Å². The molecule has 1 aliphatic heterocycles. The van der Waals surface area contributed by atoms with Crippen LogP contribution < -0.4 is 5.11 Å². The molecule has 1 fully saturated rings. The van der Waals surface area contributed by atoms with E-state index < -0.39 is 0 Å². The molecule has 0 amide bonds. The standard InChI is InChI=1S/C42H48N2O2/c1-41(2,3)31-21-29-23-35(43(33(29)25-31)19-17-27-13-9-7-10-14-27)37-39(45)38(40(37)46)36-24-30-22-32(42(4,5)6)26-34(30)44(36)20-18-28-15-11-8-12-16-28/h7-16,23-24,31-32H,17-22,25-26H2,1-6H3. The molecule has 4 aliphatic rings. The Balaban J connectivity index is 1.26. The quantitative estimate of drug-likeness (QED) is 0.205. The molecule has 0 spiro atoms. The van der Waals surface area contributed by atoms with Gasteiger partial charge in [-0.1, -0.05) is 108 Å². The number of hydrogen-bond donors (Lipinski definition) is 0. The van der Waals surface area contributed by atoms with Gasteiger partial charge in [-0.15, -0.1) is 0 Å². The maximum Gasteiger partial charge on any atom is 0.216 e. The van der Waals surface area contributed by atoms with Crippen molar-refractivity contribution in [2.24, 2.45) is 22.7 Å². The molecule has 2 aromatic carbocycles. The van der Waals surface area contributed by atoms with Gasteiger partial charge in [0.2, 0.25) is 11.5 Å². The normalized spacial score (nSPS) is 22.8. The number of allylic oxidation sites excluding steroid dienone is 4. The van der Waals surface area contributed by atoms with Crippen LogP contribution in [0.3, 0.4) is 0 Å². The molecule has 0 N–H and O–H groups in total. The number of aryl methyl sites for hydroxylation is 1. The molecule has 1 saturated carbocycles. The molecular weight excluding hydrogens is 564 g/mol. The second-order valence-corrected chi connectivity index (χ2v) is 16.1. The molecule has 2 heterocycles. The van der Waals surface area contributed by atoms with Gasteiger partial charge in [-0.2, -0.15) is 4.58 Å². The number of hydrogen-bond acceptors (Lipinski definition) is 2. The van der Waals surface area contributed by atoms with Crippen LogP contribution in [0.25, 0.3) is 5.57 Å². The van der Waals surface area contributed by atoms with Gasteiger partial charge in [0, 0.05) is 42.3 Å². The first kappa shape index (κ1) is 30.7. The van der Waals surface area contributed by atoms with Crippen molar-refractivity contribution in [1.29, 1.82) is 0 Å². The van der Waals surface area contributed by atoms with E-state index >= 15 is 0 Å². The van der Waals surface area contributed by atoms with E-state index in [9.17, 15) is 9.90 Å². The summed E-state index contributed by atoms with van der Waals surface area (Å²) < 4.78 is 4.64.